The third kappa shape index (κ3) is 1.37. The summed E-state index contributed by atoms with van der Waals surface area (Å²) < 4.78 is 0. The molecule has 0 radical (unpaired) electrons. The van der Waals surface area contributed by atoms with Gasteiger partial charge in [0.05, 0.1) is 0 Å². The second-order valence-corrected chi connectivity index (χ2v) is 3.41. The largest absolute Gasteiger partial charge is 0.398 e. The number of nitrogen functional groups attached to an aromatic ring is 1. The quantitative estimate of drug-likeness (QED) is 0.588. The van der Waals surface area contributed by atoms with E-state index in [1.807, 2.05) is 19.1 Å². The van der Waals surface area contributed by atoms with E-state index in [0.29, 0.717) is 6.42 Å². The van der Waals surface area contributed by atoms with Crippen LogP contribution in [0.25, 0.3) is 0 Å². The molecule has 1 aliphatic heterocycles. The molecule has 3 heteroatoms. The van der Waals surface area contributed by atoms with Crippen LogP contribution in [-0.4, -0.2) is 5.91 Å². The first-order chi connectivity index (χ1) is 6.16. The third-order valence-electron chi connectivity index (χ3n) is 2.39. The van der Waals surface area contributed by atoms with Crippen molar-refractivity contribution < 1.29 is 4.79 Å². The number of benzene rings is 1. The standard InChI is InChI=1S/C10H12N2O/c1-6-4-7-2-3-10(13)12-9(7)5-8(6)11/h4-5H,2-3,11H2,1H3,(H,12,13). The smallest absolute Gasteiger partial charge is 0.224 e. The molecule has 0 aromatic heterocycles. The molecule has 0 spiro atoms. The van der Waals surface area contributed by atoms with Gasteiger partial charge in [0.25, 0.3) is 0 Å². The molecule has 1 amide bonds. The maximum Gasteiger partial charge on any atom is 0.224 e. The number of carbonyl (C=O) groups excluding carboxylic acids is 1. The highest BCUT2D eigenvalue weighted by Crippen LogP contribution is 2.27. The molecule has 13 heavy (non-hydrogen) atoms. The first-order valence-electron chi connectivity index (χ1n) is 4.35. The highest BCUT2D eigenvalue weighted by atomic mass is 16.1. The molecule has 2 rings (SSSR count). The number of nitrogens with two attached hydrogens (primary N) is 1. The average molecular weight is 176 g/mol. The summed E-state index contributed by atoms with van der Waals surface area (Å²) in [6.07, 6.45) is 1.40. The minimum Gasteiger partial charge on any atom is -0.398 e. The lowest BCUT2D eigenvalue weighted by Crippen LogP contribution is -2.19. The predicted molar refractivity (Wildman–Crippen MR) is 52.5 cm³/mol. The Balaban J connectivity index is 2.49. The van der Waals surface area contributed by atoms with E-state index in [4.69, 9.17) is 5.73 Å². The lowest BCUT2D eigenvalue weighted by molar-refractivity contribution is -0.116. The summed E-state index contributed by atoms with van der Waals surface area (Å²) in [6.45, 7) is 1.98. The van der Waals surface area contributed by atoms with Crippen LogP contribution in [0.4, 0.5) is 11.4 Å². The first-order valence-corrected chi connectivity index (χ1v) is 4.35. The van der Waals surface area contributed by atoms with Crippen molar-refractivity contribution in [1.29, 1.82) is 0 Å². The second-order valence-electron chi connectivity index (χ2n) is 3.41. The zero-order valence-corrected chi connectivity index (χ0v) is 7.55. The molecule has 0 bridgehead atoms. The monoisotopic (exact) mass is 176 g/mol. The van der Waals surface area contributed by atoms with Crippen LogP contribution in [0.5, 0.6) is 0 Å². The van der Waals surface area contributed by atoms with Gasteiger partial charge in [-0.15, -0.1) is 0 Å². The van der Waals surface area contributed by atoms with Gasteiger partial charge in [0.1, 0.15) is 0 Å². The van der Waals surface area contributed by atoms with Gasteiger partial charge in [-0.2, -0.15) is 0 Å². The molecular weight excluding hydrogens is 164 g/mol. The molecule has 0 unspecified atom stereocenters. The highest BCUT2D eigenvalue weighted by molar-refractivity contribution is 5.94. The van der Waals surface area contributed by atoms with Gasteiger partial charge in [-0.25, -0.2) is 0 Å². The van der Waals surface area contributed by atoms with Gasteiger partial charge < -0.3 is 11.1 Å². The van der Waals surface area contributed by atoms with E-state index in [2.05, 4.69) is 5.32 Å². The lowest BCUT2D eigenvalue weighted by Gasteiger charge is -2.18. The summed E-state index contributed by atoms with van der Waals surface area (Å²) in [5.74, 6) is 0.0794. The Morgan fingerprint density at radius 1 is 1.38 bits per heavy atom. The van der Waals surface area contributed by atoms with Crippen LogP contribution in [0.2, 0.25) is 0 Å². The van der Waals surface area contributed by atoms with E-state index in [0.717, 1.165) is 23.4 Å². The van der Waals surface area contributed by atoms with Gasteiger partial charge >= 0.3 is 0 Å². The van der Waals surface area contributed by atoms with Crippen LogP contribution < -0.4 is 11.1 Å². The number of hydrogen-bond donors (Lipinski definition) is 2. The number of nitrogens with one attached hydrogen (secondary N) is 1. The van der Waals surface area contributed by atoms with Crippen molar-refractivity contribution in [2.75, 3.05) is 11.1 Å². The zero-order valence-electron chi connectivity index (χ0n) is 7.55. The molecule has 0 atom stereocenters. The van der Waals surface area contributed by atoms with E-state index in [1.54, 1.807) is 0 Å². The molecule has 68 valence electrons. The maximum atomic E-state index is 11.1. The summed E-state index contributed by atoms with van der Waals surface area (Å²) in [7, 11) is 0. The molecule has 3 nitrogen and oxygen atoms in total. The second kappa shape index (κ2) is 2.76. The number of fused-ring (bicyclic) bond motifs is 1. The van der Waals surface area contributed by atoms with Crippen LogP contribution in [0.3, 0.4) is 0 Å². The fraction of sp³-hybridized carbons (Fsp3) is 0.300. The van der Waals surface area contributed by atoms with Crippen LogP contribution in [-0.2, 0) is 11.2 Å². The van der Waals surface area contributed by atoms with Crippen LogP contribution in [0.15, 0.2) is 12.1 Å². The summed E-state index contributed by atoms with van der Waals surface area (Å²) >= 11 is 0. The number of rotatable bonds is 0. The van der Waals surface area contributed by atoms with E-state index in [9.17, 15) is 4.79 Å². The van der Waals surface area contributed by atoms with E-state index < -0.39 is 0 Å². The molecule has 0 saturated heterocycles. The molecule has 3 N–H and O–H groups in total. The van der Waals surface area contributed by atoms with Crippen LogP contribution >= 0.6 is 0 Å². The number of hydrogen-bond acceptors (Lipinski definition) is 2. The van der Waals surface area contributed by atoms with Crippen molar-refractivity contribution in [3.63, 3.8) is 0 Å². The van der Waals surface area contributed by atoms with Crippen molar-refractivity contribution in [2.45, 2.75) is 19.8 Å². The number of aryl methyl sites for hydroxylation is 2. The van der Waals surface area contributed by atoms with E-state index in [-0.39, 0.29) is 5.91 Å². The molecule has 1 heterocycles. The Morgan fingerprint density at radius 2 is 2.15 bits per heavy atom. The van der Waals surface area contributed by atoms with Gasteiger partial charge in [-0.1, -0.05) is 6.07 Å². The van der Waals surface area contributed by atoms with Crippen molar-refractivity contribution >= 4 is 17.3 Å². The Labute approximate surface area is 76.9 Å². The van der Waals surface area contributed by atoms with Crippen molar-refractivity contribution in [3.05, 3.63) is 23.3 Å². The zero-order chi connectivity index (χ0) is 9.42. The van der Waals surface area contributed by atoms with Gasteiger partial charge in [-0.3, -0.25) is 4.79 Å². The fourth-order valence-corrected chi connectivity index (χ4v) is 1.57. The van der Waals surface area contributed by atoms with Gasteiger partial charge in [0, 0.05) is 17.8 Å². The van der Waals surface area contributed by atoms with Crippen molar-refractivity contribution in [3.8, 4) is 0 Å². The number of amides is 1. The lowest BCUT2D eigenvalue weighted by atomic mass is 10.00. The Kier molecular flexibility index (Phi) is 1.72. The average Bonchev–Trinajstić information content (AvgIpc) is 2.08. The van der Waals surface area contributed by atoms with Crippen molar-refractivity contribution in [2.24, 2.45) is 0 Å². The highest BCUT2D eigenvalue weighted by Gasteiger charge is 2.15. The van der Waals surface area contributed by atoms with Crippen molar-refractivity contribution in [1.82, 2.24) is 0 Å². The summed E-state index contributed by atoms with van der Waals surface area (Å²) in [5.41, 5.74) is 9.61. The fourth-order valence-electron chi connectivity index (χ4n) is 1.57. The molecule has 1 aromatic carbocycles. The predicted octanol–water partition coefficient (Wildman–Crippen LogP) is 1.46. The SMILES string of the molecule is Cc1cc2c(cc1N)NC(=O)CC2. The minimum atomic E-state index is 0.0794. The van der Waals surface area contributed by atoms with Gasteiger partial charge in [0.2, 0.25) is 5.91 Å². The Morgan fingerprint density at radius 3 is 2.92 bits per heavy atom. The summed E-state index contributed by atoms with van der Waals surface area (Å²) in [6, 6.07) is 3.88. The van der Waals surface area contributed by atoms with E-state index >= 15 is 0 Å². The minimum absolute atomic E-state index is 0.0794. The van der Waals surface area contributed by atoms with E-state index in [1.165, 1.54) is 5.56 Å². The third-order valence-corrected chi connectivity index (χ3v) is 2.39. The number of carbonyl (C=O) groups is 1. The van der Waals surface area contributed by atoms with Crippen LogP contribution in [0, 0.1) is 6.92 Å². The Hall–Kier alpha value is -1.51. The first kappa shape index (κ1) is 8.10. The summed E-state index contributed by atoms with van der Waals surface area (Å²) in [4.78, 5) is 11.1. The molecule has 0 fully saturated rings. The molecule has 1 aliphatic rings. The molecule has 0 aliphatic carbocycles. The molecule has 0 saturated carbocycles. The van der Waals surface area contributed by atoms with Crippen LogP contribution in [0.1, 0.15) is 17.5 Å². The maximum absolute atomic E-state index is 11.1. The number of anilines is 2. The summed E-state index contributed by atoms with van der Waals surface area (Å²) in [5, 5.41) is 2.81. The van der Waals surface area contributed by atoms with Gasteiger partial charge in [0.15, 0.2) is 0 Å². The molecule has 1 aromatic rings. The Bertz CT molecular complexity index is 371. The topological polar surface area (TPSA) is 55.1 Å². The molecular formula is C10H12N2O. The van der Waals surface area contributed by atoms with Gasteiger partial charge in [-0.05, 0) is 30.5 Å². The normalized spacial score (nSPS) is 15.0.